The van der Waals surface area contributed by atoms with E-state index in [1.165, 1.54) is 12.0 Å². The van der Waals surface area contributed by atoms with Crippen LogP contribution in [0, 0.1) is 11.8 Å². The van der Waals surface area contributed by atoms with E-state index in [2.05, 4.69) is 40.5 Å². The number of rotatable bonds is 4. The second-order valence-corrected chi connectivity index (χ2v) is 7.91. The van der Waals surface area contributed by atoms with Crippen LogP contribution < -0.4 is 5.32 Å². The topological polar surface area (TPSA) is 55.8 Å². The monoisotopic (exact) mass is 343 g/mol. The maximum absolute atomic E-state index is 12.6. The van der Waals surface area contributed by atoms with Crippen molar-refractivity contribution in [2.24, 2.45) is 11.8 Å². The summed E-state index contributed by atoms with van der Waals surface area (Å²) in [5.41, 5.74) is 1.37. The zero-order valence-corrected chi connectivity index (χ0v) is 14.8. The number of hydrogen-bond acceptors (Lipinski definition) is 3. The Kier molecular flexibility index (Phi) is 4.95. The van der Waals surface area contributed by atoms with Crippen molar-refractivity contribution < 1.29 is 9.90 Å². The molecule has 3 aliphatic rings. The molecule has 0 radical (unpaired) electrons. The van der Waals surface area contributed by atoms with E-state index in [-0.39, 0.29) is 18.7 Å². The molecule has 25 heavy (non-hydrogen) atoms. The first-order chi connectivity index (χ1) is 12.2. The number of likely N-dealkylation sites (tertiary alicyclic amines) is 2. The minimum absolute atomic E-state index is 0.00959. The Morgan fingerprint density at radius 2 is 2.00 bits per heavy atom. The van der Waals surface area contributed by atoms with Gasteiger partial charge >= 0.3 is 6.03 Å². The van der Waals surface area contributed by atoms with Gasteiger partial charge in [-0.15, -0.1) is 0 Å². The number of nitrogens with zero attached hydrogens (tertiary/aromatic N) is 2. The highest BCUT2D eigenvalue weighted by molar-refractivity contribution is 5.75. The van der Waals surface area contributed by atoms with Crippen LogP contribution in [0.3, 0.4) is 0 Å². The minimum Gasteiger partial charge on any atom is -0.394 e. The summed E-state index contributed by atoms with van der Waals surface area (Å²) < 4.78 is 0. The zero-order chi connectivity index (χ0) is 17.2. The molecule has 1 saturated carbocycles. The molecule has 1 aromatic rings. The molecule has 1 aliphatic carbocycles. The Morgan fingerprint density at radius 1 is 1.16 bits per heavy atom. The Bertz CT molecular complexity index is 594. The van der Waals surface area contributed by atoms with Gasteiger partial charge in [0.1, 0.15) is 0 Å². The van der Waals surface area contributed by atoms with Crippen LogP contribution in [0.15, 0.2) is 30.3 Å². The molecule has 1 aromatic carbocycles. The van der Waals surface area contributed by atoms with Crippen LogP contribution in [-0.4, -0.2) is 59.3 Å². The maximum Gasteiger partial charge on any atom is 0.317 e. The zero-order valence-electron chi connectivity index (χ0n) is 14.8. The van der Waals surface area contributed by atoms with E-state index >= 15 is 0 Å². The normalized spacial score (nSPS) is 32.1. The van der Waals surface area contributed by atoms with Crippen molar-refractivity contribution in [2.75, 3.05) is 26.2 Å². The second-order valence-electron chi connectivity index (χ2n) is 7.91. The van der Waals surface area contributed by atoms with Crippen molar-refractivity contribution >= 4 is 6.03 Å². The number of urea groups is 1. The van der Waals surface area contributed by atoms with Crippen LogP contribution in [0.2, 0.25) is 0 Å². The molecule has 0 spiro atoms. The fourth-order valence-electron chi connectivity index (χ4n) is 5.04. The van der Waals surface area contributed by atoms with Crippen molar-refractivity contribution in [1.29, 1.82) is 0 Å². The average molecular weight is 343 g/mol. The van der Waals surface area contributed by atoms with Crippen molar-refractivity contribution in [3.05, 3.63) is 35.9 Å². The van der Waals surface area contributed by atoms with E-state index < -0.39 is 0 Å². The summed E-state index contributed by atoms with van der Waals surface area (Å²) in [5, 5.41) is 12.7. The summed E-state index contributed by atoms with van der Waals surface area (Å²) in [6, 6.07) is 11.0. The van der Waals surface area contributed by atoms with E-state index in [1.54, 1.807) is 0 Å². The van der Waals surface area contributed by atoms with Gasteiger partial charge in [-0.25, -0.2) is 4.79 Å². The Balaban J connectivity index is 1.33. The number of carbonyl (C=O) groups excluding carboxylic acids is 1. The lowest BCUT2D eigenvalue weighted by molar-refractivity contribution is 0.152. The van der Waals surface area contributed by atoms with Gasteiger partial charge < -0.3 is 15.3 Å². The highest BCUT2D eigenvalue weighted by atomic mass is 16.3. The molecule has 0 bridgehead atoms. The largest absolute Gasteiger partial charge is 0.394 e. The molecule has 5 heteroatoms. The Hall–Kier alpha value is -1.59. The highest BCUT2D eigenvalue weighted by Gasteiger charge is 2.43. The van der Waals surface area contributed by atoms with Crippen LogP contribution in [0.25, 0.3) is 0 Å². The van der Waals surface area contributed by atoms with Gasteiger partial charge in [0, 0.05) is 32.2 Å². The molecule has 4 atom stereocenters. The number of benzene rings is 1. The highest BCUT2D eigenvalue weighted by Crippen LogP contribution is 2.38. The summed E-state index contributed by atoms with van der Waals surface area (Å²) in [5.74, 6) is 1.28. The fraction of sp³-hybridized carbons (Fsp3) is 0.650. The molecule has 5 nitrogen and oxygen atoms in total. The van der Waals surface area contributed by atoms with Gasteiger partial charge in [-0.05, 0) is 43.1 Å². The molecule has 2 saturated heterocycles. The first kappa shape index (κ1) is 16.9. The number of nitrogens with one attached hydrogen (secondary N) is 1. The first-order valence-electron chi connectivity index (χ1n) is 9.69. The minimum atomic E-state index is 0.00959. The third kappa shape index (κ3) is 3.53. The molecule has 2 aliphatic heterocycles. The van der Waals surface area contributed by atoms with Gasteiger partial charge in [-0.3, -0.25) is 4.90 Å². The van der Waals surface area contributed by atoms with Crippen molar-refractivity contribution in [1.82, 2.24) is 15.1 Å². The number of aliphatic hydroxyl groups is 1. The van der Waals surface area contributed by atoms with Crippen molar-refractivity contribution in [2.45, 2.75) is 44.3 Å². The van der Waals surface area contributed by atoms with Gasteiger partial charge in [0.2, 0.25) is 0 Å². The molecule has 4 rings (SSSR count). The number of fused-ring (bicyclic) bond motifs is 1. The van der Waals surface area contributed by atoms with Gasteiger partial charge in [-0.1, -0.05) is 30.3 Å². The van der Waals surface area contributed by atoms with Gasteiger partial charge in [0.25, 0.3) is 0 Å². The van der Waals surface area contributed by atoms with Crippen molar-refractivity contribution in [3.8, 4) is 0 Å². The summed E-state index contributed by atoms with van der Waals surface area (Å²) in [4.78, 5) is 17.0. The molecule has 2 heterocycles. The lowest BCUT2D eigenvalue weighted by Gasteiger charge is -2.28. The SMILES string of the molecule is O=C(N[C@@H]1CC[C@@H]2CN(Cc3ccccc3)C[C@@H]21)N1CCC[C@@H]1CO. The summed E-state index contributed by atoms with van der Waals surface area (Å²) in [6.07, 6.45) is 4.23. The predicted molar refractivity (Wildman–Crippen MR) is 97.1 cm³/mol. The van der Waals surface area contributed by atoms with Crippen LogP contribution in [0.1, 0.15) is 31.2 Å². The molecule has 2 amide bonds. The standard InChI is InChI=1S/C20H29N3O2/c24-14-17-7-4-10-23(17)20(25)21-19-9-8-16-12-22(13-18(16)19)11-15-5-2-1-3-6-15/h1-3,5-6,16-19,24H,4,7-14H2,(H,21,25)/t16-,17-,18+,19-/m1/s1. The quantitative estimate of drug-likeness (QED) is 0.880. The second kappa shape index (κ2) is 7.34. The lowest BCUT2D eigenvalue weighted by atomic mass is 9.98. The van der Waals surface area contributed by atoms with Crippen LogP contribution >= 0.6 is 0 Å². The smallest absolute Gasteiger partial charge is 0.317 e. The molecule has 2 N–H and O–H groups in total. The average Bonchev–Trinajstić information content (AvgIpc) is 3.32. The maximum atomic E-state index is 12.6. The molecule has 0 aromatic heterocycles. The molecule has 0 unspecified atom stereocenters. The first-order valence-corrected chi connectivity index (χ1v) is 9.69. The van der Waals surface area contributed by atoms with E-state index in [0.29, 0.717) is 17.9 Å². The van der Waals surface area contributed by atoms with Crippen LogP contribution in [-0.2, 0) is 6.54 Å². The lowest BCUT2D eigenvalue weighted by Crippen LogP contribution is -2.49. The van der Waals surface area contributed by atoms with E-state index in [4.69, 9.17) is 0 Å². The third-order valence-corrected chi connectivity index (χ3v) is 6.34. The van der Waals surface area contributed by atoms with E-state index in [0.717, 1.165) is 45.4 Å². The molecular formula is C20H29N3O2. The Morgan fingerprint density at radius 3 is 2.80 bits per heavy atom. The molecule has 3 fully saturated rings. The van der Waals surface area contributed by atoms with Crippen LogP contribution in [0.5, 0.6) is 0 Å². The van der Waals surface area contributed by atoms with Crippen LogP contribution in [0.4, 0.5) is 4.79 Å². The fourth-order valence-corrected chi connectivity index (χ4v) is 5.04. The Labute approximate surface area is 150 Å². The number of hydrogen-bond donors (Lipinski definition) is 2. The number of carbonyl (C=O) groups is 1. The summed E-state index contributed by atoms with van der Waals surface area (Å²) in [7, 11) is 0. The van der Waals surface area contributed by atoms with Crippen molar-refractivity contribution in [3.63, 3.8) is 0 Å². The third-order valence-electron chi connectivity index (χ3n) is 6.34. The molecular weight excluding hydrogens is 314 g/mol. The van der Waals surface area contributed by atoms with E-state index in [1.807, 2.05) is 4.90 Å². The summed E-state index contributed by atoms with van der Waals surface area (Å²) >= 11 is 0. The summed E-state index contributed by atoms with van der Waals surface area (Å²) in [6.45, 7) is 4.09. The van der Waals surface area contributed by atoms with Gasteiger partial charge in [0.15, 0.2) is 0 Å². The number of amides is 2. The molecule has 136 valence electrons. The number of aliphatic hydroxyl groups excluding tert-OH is 1. The van der Waals surface area contributed by atoms with E-state index in [9.17, 15) is 9.90 Å². The van der Waals surface area contributed by atoms with Gasteiger partial charge in [-0.2, -0.15) is 0 Å². The van der Waals surface area contributed by atoms with Gasteiger partial charge in [0.05, 0.1) is 12.6 Å². The predicted octanol–water partition coefficient (Wildman–Crippen LogP) is 2.06.